The number of nitro benzene ring substituents is 1. The molecule has 2 aromatic rings. The van der Waals surface area contributed by atoms with Gasteiger partial charge in [0.2, 0.25) is 5.91 Å². The highest BCUT2D eigenvalue weighted by Gasteiger charge is 2.29. The van der Waals surface area contributed by atoms with E-state index >= 15 is 0 Å². The summed E-state index contributed by atoms with van der Waals surface area (Å²) >= 11 is 0. The van der Waals surface area contributed by atoms with Crippen LogP contribution in [0.2, 0.25) is 0 Å². The van der Waals surface area contributed by atoms with Gasteiger partial charge in [-0.15, -0.1) is 0 Å². The number of hydrogen-bond acceptors (Lipinski definition) is 4. The maximum atomic E-state index is 12.8. The Balaban J connectivity index is 1.68. The molecule has 3 rings (SSSR count). The molecule has 26 heavy (non-hydrogen) atoms. The van der Waals surface area contributed by atoms with Gasteiger partial charge in [0, 0.05) is 18.7 Å². The minimum Gasteiger partial charge on any atom is -0.494 e. The standard InChI is InChI=1S/C20H22N2O4/c1-2-26-18-11-7-16(8-12-18)19-4-3-13-21(19)20(23)14-15-5-9-17(10-6-15)22(24)25/h5-12,19H,2-4,13-14H2,1H3. The van der Waals surface area contributed by atoms with E-state index in [1.807, 2.05) is 36.1 Å². The first-order valence-corrected chi connectivity index (χ1v) is 8.84. The number of carbonyl (C=O) groups excluding carboxylic acids is 1. The molecule has 6 heteroatoms. The first kappa shape index (κ1) is 17.9. The lowest BCUT2D eigenvalue weighted by Gasteiger charge is -2.25. The fraction of sp³-hybridized carbons (Fsp3) is 0.350. The van der Waals surface area contributed by atoms with Crippen LogP contribution in [0.1, 0.15) is 36.9 Å². The normalized spacial score (nSPS) is 16.5. The van der Waals surface area contributed by atoms with Crippen LogP contribution >= 0.6 is 0 Å². The van der Waals surface area contributed by atoms with Gasteiger partial charge in [0.1, 0.15) is 5.75 Å². The number of ether oxygens (including phenoxy) is 1. The van der Waals surface area contributed by atoms with Gasteiger partial charge in [0.15, 0.2) is 0 Å². The number of nitrogens with zero attached hydrogens (tertiary/aromatic N) is 2. The van der Waals surface area contributed by atoms with E-state index in [-0.39, 0.29) is 24.1 Å². The second-order valence-electron chi connectivity index (χ2n) is 6.35. The molecular formula is C20H22N2O4. The van der Waals surface area contributed by atoms with Gasteiger partial charge < -0.3 is 9.64 Å². The summed E-state index contributed by atoms with van der Waals surface area (Å²) in [5.41, 5.74) is 1.94. The van der Waals surface area contributed by atoms with Crippen LogP contribution in [0.25, 0.3) is 0 Å². The van der Waals surface area contributed by atoms with E-state index < -0.39 is 4.92 Å². The van der Waals surface area contributed by atoms with Gasteiger partial charge >= 0.3 is 0 Å². The topological polar surface area (TPSA) is 72.7 Å². The van der Waals surface area contributed by atoms with Gasteiger partial charge in [-0.3, -0.25) is 14.9 Å². The van der Waals surface area contributed by atoms with Crippen molar-refractivity contribution in [2.75, 3.05) is 13.2 Å². The maximum absolute atomic E-state index is 12.8. The first-order valence-electron chi connectivity index (χ1n) is 8.84. The van der Waals surface area contributed by atoms with Gasteiger partial charge in [0.25, 0.3) is 5.69 Å². The molecule has 0 N–H and O–H groups in total. The van der Waals surface area contributed by atoms with Crippen molar-refractivity contribution >= 4 is 11.6 Å². The van der Waals surface area contributed by atoms with Crippen molar-refractivity contribution in [3.8, 4) is 5.75 Å². The average molecular weight is 354 g/mol. The van der Waals surface area contributed by atoms with Gasteiger partial charge in [0.05, 0.1) is 24.0 Å². The summed E-state index contributed by atoms with van der Waals surface area (Å²) in [5.74, 6) is 0.883. The number of hydrogen-bond donors (Lipinski definition) is 0. The molecule has 1 atom stereocenters. The van der Waals surface area contributed by atoms with Crippen molar-refractivity contribution in [1.82, 2.24) is 4.90 Å². The fourth-order valence-electron chi connectivity index (χ4n) is 3.38. The van der Waals surface area contributed by atoms with Crippen molar-refractivity contribution in [3.63, 3.8) is 0 Å². The van der Waals surface area contributed by atoms with Crippen LogP contribution in [0.3, 0.4) is 0 Å². The van der Waals surface area contributed by atoms with Crippen molar-refractivity contribution in [2.24, 2.45) is 0 Å². The quantitative estimate of drug-likeness (QED) is 0.582. The second-order valence-corrected chi connectivity index (χ2v) is 6.35. The minimum atomic E-state index is -0.436. The van der Waals surface area contributed by atoms with Gasteiger partial charge in [-0.25, -0.2) is 0 Å². The number of likely N-dealkylation sites (tertiary alicyclic amines) is 1. The number of amides is 1. The number of nitro groups is 1. The number of rotatable bonds is 6. The maximum Gasteiger partial charge on any atom is 0.269 e. The minimum absolute atomic E-state index is 0.0367. The Morgan fingerprint density at radius 1 is 1.19 bits per heavy atom. The Kier molecular flexibility index (Phi) is 5.51. The largest absolute Gasteiger partial charge is 0.494 e. The molecule has 0 aromatic heterocycles. The van der Waals surface area contributed by atoms with E-state index in [1.54, 1.807) is 12.1 Å². The zero-order chi connectivity index (χ0) is 18.5. The van der Waals surface area contributed by atoms with Crippen LogP contribution in [0.4, 0.5) is 5.69 Å². The van der Waals surface area contributed by atoms with Crippen molar-refractivity contribution < 1.29 is 14.5 Å². The third kappa shape index (κ3) is 4.02. The third-order valence-corrected chi connectivity index (χ3v) is 4.65. The smallest absolute Gasteiger partial charge is 0.269 e. The summed E-state index contributed by atoms with van der Waals surface area (Å²) in [6.07, 6.45) is 2.18. The first-order chi connectivity index (χ1) is 12.6. The third-order valence-electron chi connectivity index (χ3n) is 4.65. The lowest BCUT2D eigenvalue weighted by atomic mass is 10.0. The molecule has 2 aromatic carbocycles. The Hall–Kier alpha value is -2.89. The summed E-state index contributed by atoms with van der Waals surface area (Å²) in [6, 6.07) is 14.2. The lowest BCUT2D eigenvalue weighted by molar-refractivity contribution is -0.384. The molecule has 1 fully saturated rings. The molecule has 0 saturated carbocycles. The zero-order valence-electron chi connectivity index (χ0n) is 14.8. The van der Waals surface area contributed by atoms with E-state index in [2.05, 4.69) is 0 Å². The SMILES string of the molecule is CCOc1ccc(C2CCCN2C(=O)Cc2ccc([N+](=O)[O-])cc2)cc1. The Morgan fingerprint density at radius 2 is 1.88 bits per heavy atom. The van der Waals surface area contributed by atoms with Gasteiger partial charge in [-0.1, -0.05) is 24.3 Å². The van der Waals surface area contributed by atoms with Crippen molar-refractivity contribution in [3.05, 3.63) is 69.8 Å². The molecule has 136 valence electrons. The van der Waals surface area contributed by atoms with Crippen LogP contribution in [-0.2, 0) is 11.2 Å². The molecule has 1 unspecified atom stereocenters. The molecule has 1 saturated heterocycles. The molecule has 6 nitrogen and oxygen atoms in total. The van der Waals surface area contributed by atoms with E-state index in [0.29, 0.717) is 6.61 Å². The molecule has 1 heterocycles. The van der Waals surface area contributed by atoms with Gasteiger partial charge in [-0.05, 0) is 43.0 Å². The molecule has 1 amide bonds. The van der Waals surface area contributed by atoms with E-state index in [0.717, 1.165) is 36.3 Å². The van der Waals surface area contributed by atoms with E-state index in [9.17, 15) is 14.9 Å². The van der Waals surface area contributed by atoms with E-state index in [1.165, 1.54) is 12.1 Å². The van der Waals surface area contributed by atoms with Crippen molar-refractivity contribution in [1.29, 1.82) is 0 Å². The lowest BCUT2D eigenvalue weighted by Crippen LogP contribution is -2.31. The monoisotopic (exact) mass is 354 g/mol. The molecule has 0 aliphatic carbocycles. The van der Waals surface area contributed by atoms with Gasteiger partial charge in [-0.2, -0.15) is 0 Å². The Morgan fingerprint density at radius 3 is 2.50 bits per heavy atom. The molecular weight excluding hydrogens is 332 g/mol. The zero-order valence-corrected chi connectivity index (χ0v) is 14.8. The molecule has 0 spiro atoms. The predicted molar refractivity (Wildman–Crippen MR) is 98.1 cm³/mol. The van der Waals surface area contributed by atoms with Crippen molar-refractivity contribution in [2.45, 2.75) is 32.2 Å². The Bertz CT molecular complexity index is 771. The van der Waals surface area contributed by atoms with Crippen LogP contribution in [-0.4, -0.2) is 28.9 Å². The summed E-state index contributed by atoms with van der Waals surface area (Å²) in [6.45, 7) is 3.32. The molecule has 1 aliphatic heterocycles. The summed E-state index contributed by atoms with van der Waals surface area (Å²) in [7, 11) is 0. The van der Waals surface area contributed by atoms with Crippen LogP contribution in [0.15, 0.2) is 48.5 Å². The summed E-state index contributed by atoms with van der Waals surface area (Å²) in [5, 5.41) is 10.7. The highest BCUT2D eigenvalue weighted by molar-refractivity contribution is 5.79. The number of carbonyl (C=O) groups is 1. The highest BCUT2D eigenvalue weighted by Crippen LogP contribution is 2.33. The average Bonchev–Trinajstić information content (AvgIpc) is 3.13. The summed E-state index contributed by atoms with van der Waals surface area (Å²) in [4.78, 5) is 25.0. The van der Waals surface area contributed by atoms with Crippen LogP contribution in [0.5, 0.6) is 5.75 Å². The van der Waals surface area contributed by atoms with Crippen LogP contribution in [0, 0.1) is 10.1 Å². The van der Waals surface area contributed by atoms with Crippen LogP contribution < -0.4 is 4.74 Å². The fourth-order valence-corrected chi connectivity index (χ4v) is 3.38. The molecule has 0 radical (unpaired) electrons. The predicted octanol–water partition coefficient (Wildman–Crippen LogP) is 3.90. The number of non-ortho nitro benzene ring substituents is 1. The summed E-state index contributed by atoms with van der Waals surface area (Å²) < 4.78 is 5.47. The number of benzene rings is 2. The second kappa shape index (κ2) is 7.99. The molecule has 0 bridgehead atoms. The highest BCUT2D eigenvalue weighted by atomic mass is 16.6. The van der Waals surface area contributed by atoms with E-state index in [4.69, 9.17) is 4.74 Å². The molecule has 1 aliphatic rings. The Labute approximate surface area is 152 Å².